The molecule has 2 aromatic carbocycles. The van der Waals surface area contributed by atoms with Gasteiger partial charge in [0.2, 0.25) is 23.3 Å². The molecule has 1 saturated carbocycles. The van der Waals surface area contributed by atoms with Gasteiger partial charge in [-0.15, -0.1) is 0 Å². The van der Waals surface area contributed by atoms with E-state index in [1.807, 2.05) is 0 Å². The zero-order chi connectivity index (χ0) is 21.0. The molecular weight excluding hydrogens is 400 g/mol. The van der Waals surface area contributed by atoms with E-state index >= 15 is 0 Å². The van der Waals surface area contributed by atoms with Gasteiger partial charge in [-0.05, 0) is 12.8 Å². The molecule has 0 radical (unpaired) electrons. The average Bonchev–Trinajstić information content (AvgIpc) is 2.68. The fourth-order valence-corrected chi connectivity index (χ4v) is 3.86. The maximum Gasteiger partial charge on any atom is 0.204 e. The Morgan fingerprint density at radius 1 is 0.464 bits per heavy atom. The van der Waals surface area contributed by atoms with E-state index in [-0.39, 0.29) is 12.8 Å². The zero-order valence-electron chi connectivity index (χ0n) is 14.0. The Labute approximate surface area is 153 Å². The second-order valence-electron chi connectivity index (χ2n) is 6.60. The molecule has 0 atom stereocenters. The lowest BCUT2D eigenvalue weighted by Gasteiger charge is -2.39. The van der Waals surface area contributed by atoms with E-state index in [9.17, 15) is 35.1 Å². The fourth-order valence-electron chi connectivity index (χ4n) is 3.86. The largest absolute Gasteiger partial charge is 0.503 e. The van der Waals surface area contributed by atoms with Crippen molar-refractivity contribution in [3.63, 3.8) is 0 Å². The van der Waals surface area contributed by atoms with Gasteiger partial charge in [-0.25, -0.2) is 17.6 Å². The summed E-state index contributed by atoms with van der Waals surface area (Å²) in [7, 11) is 0. The molecule has 2 aromatic rings. The molecule has 0 amide bonds. The van der Waals surface area contributed by atoms with Crippen molar-refractivity contribution in [1.29, 1.82) is 0 Å². The number of halogens is 8. The molecule has 0 aliphatic heterocycles. The molecule has 2 N–H and O–H groups in total. The number of rotatable bonds is 2. The van der Waals surface area contributed by atoms with E-state index in [0.29, 0.717) is 6.42 Å². The third-order valence-corrected chi connectivity index (χ3v) is 5.14. The molecule has 3 rings (SSSR count). The van der Waals surface area contributed by atoms with E-state index in [4.69, 9.17) is 10.2 Å². The highest BCUT2D eigenvalue weighted by Crippen LogP contribution is 2.51. The summed E-state index contributed by atoms with van der Waals surface area (Å²) in [6, 6.07) is 0. The number of hydrogen-bond donors (Lipinski definition) is 2. The quantitative estimate of drug-likeness (QED) is 0.508. The minimum atomic E-state index is -2.51. The van der Waals surface area contributed by atoms with Gasteiger partial charge >= 0.3 is 0 Å². The molecule has 2 nitrogen and oxygen atoms in total. The molecule has 1 aliphatic carbocycles. The highest BCUT2D eigenvalue weighted by molar-refractivity contribution is 5.48. The van der Waals surface area contributed by atoms with Crippen LogP contribution in [0.3, 0.4) is 0 Å². The number of hydrogen-bond acceptors (Lipinski definition) is 2. The van der Waals surface area contributed by atoms with Crippen LogP contribution in [0.4, 0.5) is 35.1 Å². The standard InChI is InChI=1S/C18H12F8O2/c19-8-6(9(20)13(24)16(27)12(8)23)18(4-2-1-3-5-18)7-10(21)14(25)17(28)15(26)11(7)22/h27-28H,1-5H2. The number of phenols is 2. The van der Waals surface area contributed by atoms with Gasteiger partial charge in [-0.2, -0.15) is 17.6 Å². The smallest absolute Gasteiger partial charge is 0.204 e. The lowest BCUT2D eigenvalue weighted by molar-refractivity contribution is 0.271. The Balaban J connectivity index is 2.48. The molecule has 0 heterocycles. The maximum absolute atomic E-state index is 14.5. The van der Waals surface area contributed by atoms with E-state index in [1.165, 1.54) is 0 Å². The van der Waals surface area contributed by atoms with Crippen molar-refractivity contribution in [3.05, 3.63) is 57.7 Å². The van der Waals surface area contributed by atoms with E-state index in [1.54, 1.807) is 0 Å². The van der Waals surface area contributed by atoms with Crippen molar-refractivity contribution in [2.45, 2.75) is 37.5 Å². The summed E-state index contributed by atoms with van der Waals surface area (Å²) in [5.41, 5.74) is -5.48. The summed E-state index contributed by atoms with van der Waals surface area (Å²) in [6.45, 7) is 0. The topological polar surface area (TPSA) is 40.5 Å². The van der Waals surface area contributed by atoms with Crippen LogP contribution in [-0.2, 0) is 5.41 Å². The van der Waals surface area contributed by atoms with Crippen molar-refractivity contribution >= 4 is 0 Å². The first kappa shape index (κ1) is 20.2. The molecular formula is C18H12F8O2. The molecule has 1 aliphatic rings. The van der Waals surface area contributed by atoms with E-state index in [2.05, 4.69) is 0 Å². The highest BCUT2D eigenvalue weighted by Gasteiger charge is 2.48. The number of benzene rings is 2. The van der Waals surface area contributed by atoms with Gasteiger partial charge in [0.15, 0.2) is 34.8 Å². The monoisotopic (exact) mass is 412 g/mol. The zero-order valence-corrected chi connectivity index (χ0v) is 14.0. The van der Waals surface area contributed by atoms with Gasteiger partial charge in [0.05, 0.1) is 0 Å². The Morgan fingerprint density at radius 2 is 0.750 bits per heavy atom. The van der Waals surface area contributed by atoms with Crippen molar-refractivity contribution in [1.82, 2.24) is 0 Å². The fraction of sp³-hybridized carbons (Fsp3) is 0.333. The van der Waals surface area contributed by atoms with Crippen LogP contribution < -0.4 is 0 Å². The Hall–Kier alpha value is -2.52. The van der Waals surface area contributed by atoms with Gasteiger partial charge < -0.3 is 10.2 Å². The normalized spacial score (nSPS) is 16.4. The SMILES string of the molecule is Oc1c(F)c(F)c(C2(c3c(F)c(F)c(O)c(F)c3F)CCCCC2)c(F)c1F. The summed E-state index contributed by atoms with van der Waals surface area (Å²) in [5, 5.41) is 18.3. The number of aromatic hydroxyl groups is 2. The Kier molecular flexibility index (Phi) is 4.93. The minimum absolute atomic E-state index is 0.0615. The van der Waals surface area contributed by atoms with Crippen LogP contribution in [0.15, 0.2) is 0 Å². The molecule has 10 heteroatoms. The second-order valence-corrected chi connectivity index (χ2v) is 6.60. The molecule has 152 valence electrons. The van der Waals surface area contributed by atoms with Crippen LogP contribution in [0.25, 0.3) is 0 Å². The van der Waals surface area contributed by atoms with Crippen LogP contribution >= 0.6 is 0 Å². The minimum Gasteiger partial charge on any atom is -0.503 e. The molecule has 0 spiro atoms. The average molecular weight is 412 g/mol. The van der Waals surface area contributed by atoms with Gasteiger partial charge in [0.25, 0.3) is 0 Å². The predicted octanol–water partition coefficient (Wildman–Crippen LogP) is 5.46. The third kappa shape index (κ3) is 2.61. The summed E-state index contributed by atoms with van der Waals surface area (Å²) in [6.07, 6.45) is -0.456. The van der Waals surface area contributed by atoms with Crippen molar-refractivity contribution in [3.8, 4) is 11.5 Å². The summed E-state index contributed by atoms with van der Waals surface area (Å²) in [5.74, 6) is -21.3. The maximum atomic E-state index is 14.5. The van der Waals surface area contributed by atoms with Crippen LogP contribution in [0.2, 0.25) is 0 Å². The second kappa shape index (κ2) is 6.82. The molecule has 28 heavy (non-hydrogen) atoms. The van der Waals surface area contributed by atoms with Crippen LogP contribution in [0.1, 0.15) is 43.2 Å². The van der Waals surface area contributed by atoms with Crippen molar-refractivity contribution in [2.75, 3.05) is 0 Å². The van der Waals surface area contributed by atoms with Gasteiger partial charge in [0, 0.05) is 16.5 Å². The van der Waals surface area contributed by atoms with Crippen LogP contribution in [0, 0.1) is 46.5 Å². The van der Waals surface area contributed by atoms with E-state index < -0.39 is 87.4 Å². The molecule has 0 saturated heterocycles. The summed E-state index contributed by atoms with van der Waals surface area (Å²) in [4.78, 5) is 0. The first-order valence-electron chi connectivity index (χ1n) is 8.17. The van der Waals surface area contributed by atoms with Crippen LogP contribution in [0.5, 0.6) is 11.5 Å². The third-order valence-electron chi connectivity index (χ3n) is 5.14. The predicted molar refractivity (Wildman–Crippen MR) is 79.7 cm³/mol. The first-order valence-corrected chi connectivity index (χ1v) is 8.17. The first-order chi connectivity index (χ1) is 13.1. The summed E-state index contributed by atoms with van der Waals surface area (Å²) < 4.78 is 114. The number of phenolic OH excluding ortho intramolecular Hbond substituents is 2. The van der Waals surface area contributed by atoms with E-state index in [0.717, 1.165) is 0 Å². The lowest BCUT2D eigenvalue weighted by atomic mass is 9.64. The molecule has 1 fully saturated rings. The van der Waals surface area contributed by atoms with Crippen molar-refractivity contribution in [2.24, 2.45) is 0 Å². The highest BCUT2D eigenvalue weighted by atomic mass is 19.2. The van der Waals surface area contributed by atoms with Gasteiger partial charge in [-0.3, -0.25) is 0 Å². The summed E-state index contributed by atoms with van der Waals surface area (Å²) >= 11 is 0. The molecule has 0 bridgehead atoms. The van der Waals surface area contributed by atoms with Gasteiger partial charge in [0.1, 0.15) is 0 Å². The lowest BCUT2D eigenvalue weighted by Crippen LogP contribution is -2.36. The Morgan fingerprint density at radius 3 is 1.04 bits per heavy atom. The molecule has 0 aromatic heterocycles. The van der Waals surface area contributed by atoms with Gasteiger partial charge in [-0.1, -0.05) is 19.3 Å². The molecule has 0 unspecified atom stereocenters. The van der Waals surface area contributed by atoms with Crippen molar-refractivity contribution < 1.29 is 45.3 Å². The Bertz CT molecular complexity index is 838. The van der Waals surface area contributed by atoms with Crippen LogP contribution in [-0.4, -0.2) is 10.2 Å².